The molecule has 0 saturated carbocycles. The van der Waals surface area contributed by atoms with Crippen molar-refractivity contribution >= 4 is 5.82 Å². The topological polar surface area (TPSA) is 50.9 Å². The fraction of sp³-hybridized carbons (Fsp3) is 0.167. The Labute approximate surface area is 58.0 Å². The molecule has 1 aromatic heterocycles. The normalized spacial score (nSPS) is 9.50. The Bertz CT molecular complexity index is 236. The fourth-order valence-corrected chi connectivity index (χ4v) is 0.641. The lowest BCUT2D eigenvalue weighted by Gasteiger charge is -1.99. The molecule has 4 heteroatoms. The van der Waals surface area contributed by atoms with Crippen LogP contribution in [0.15, 0.2) is 12.1 Å². The predicted molar refractivity (Wildman–Crippen MR) is 36.7 cm³/mol. The number of nitrogens with two attached hydrogens (primary N) is 1. The van der Waals surface area contributed by atoms with Gasteiger partial charge in [0.05, 0.1) is 0 Å². The summed E-state index contributed by atoms with van der Waals surface area (Å²) >= 11 is 0. The van der Waals surface area contributed by atoms with Gasteiger partial charge in [-0.25, -0.2) is 15.2 Å². The SMILES string of the molecule is Cc1ccc(F)c(NN)n1. The Morgan fingerprint density at radius 2 is 2.30 bits per heavy atom. The summed E-state index contributed by atoms with van der Waals surface area (Å²) in [6.45, 7) is 1.76. The van der Waals surface area contributed by atoms with Gasteiger partial charge in [0.25, 0.3) is 0 Å². The van der Waals surface area contributed by atoms with Crippen molar-refractivity contribution in [1.29, 1.82) is 0 Å². The third-order valence-corrected chi connectivity index (χ3v) is 1.12. The maximum absolute atomic E-state index is 12.6. The number of nitrogens with one attached hydrogen (secondary N) is 1. The molecule has 0 aromatic carbocycles. The number of halogens is 1. The van der Waals surface area contributed by atoms with Crippen molar-refractivity contribution in [3.05, 3.63) is 23.6 Å². The summed E-state index contributed by atoms with van der Waals surface area (Å²) in [6.07, 6.45) is 0. The zero-order valence-corrected chi connectivity index (χ0v) is 5.56. The molecule has 0 amide bonds. The first-order valence-corrected chi connectivity index (χ1v) is 2.84. The van der Waals surface area contributed by atoms with E-state index in [1.54, 1.807) is 13.0 Å². The third kappa shape index (κ3) is 1.22. The highest BCUT2D eigenvalue weighted by Crippen LogP contribution is 2.08. The predicted octanol–water partition coefficient (Wildman–Crippen LogP) is 0.815. The van der Waals surface area contributed by atoms with Crippen molar-refractivity contribution in [1.82, 2.24) is 4.98 Å². The molecule has 54 valence electrons. The maximum Gasteiger partial charge on any atom is 0.176 e. The van der Waals surface area contributed by atoms with Crippen molar-refractivity contribution in [2.24, 2.45) is 5.84 Å². The zero-order valence-electron chi connectivity index (χ0n) is 5.56. The van der Waals surface area contributed by atoms with Gasteiger partial charge in [-0.05, 0) is 19.1 Å². The summed E-state index contributed by atoms with van der Waals surface area (Å²) in [7, 11) is 0. The van der Waals surface area contributed by atoms with Crippen molar-refractivity contribution in [2.45, 2.75) is 6.92 Å². The van der Waals surface area contributed by atoms with Gasteiger partial charge in [0, 0.05) is 5.69 Å². The van der Waals surface area contributed by atoms with Crippen LogP contribution in [0.1, 0.15) is 5.69 Å². The first-order chi connectivity index (χ1) is 4.74. The lowest BCUT2D eigenvalue weighted by molar-refractivity contribution is 0.624. The highest BCUT2D eigenvalue weighted by molar-refractivity contribution is 5.35. The van der Waals surface area contributed by atoms with Crippen molar-refractivity contribution in [2.75, 3.05) is 5.43 Å². The summed E-state index contributed by atoms with van der Waals surface area (Å²) in [4.78, 5) is 3.78. The van der Waals surface area contributed by atoms with Gasteiger partial charge >= 0.3 is 0 Å². The first kappa shape index (κ1) is 6.95. The second kappa shape index (κ2) is 2.62. The molecule has 0 unspecified atom stereocenters. The van der Waals surface area contributed by atoms with E-state index in [9.17, 15) is 4.39 Å². The van der Waals surface area contributed by atoms with Crippen LogP contribution in [0.5, 0.6) is 0 Å². The van der Waals surface area contributed by atoms with Gasteiger partial charge in [-0.2, -0.15) is 0 Å². The minimum absolute atomic E-state index is 0.0833. The van der Waals surface area contributed by atoms with Gasteiger partial charge in [0.2, 0.25) is 0 Å². The zero-order chi connectivity index (χ0) is 7.56. The minimum Gasteiger partial charge on any atom is -0.306 e. The van der Waals surface area contributed by atoms with E-state index in [1.807, 2.05) is 0 Å². The lowest BCUT2D eigenvalue weighted by atomic mass is 10.3. The van der Waals surface area contributed by atoms with Crippen LogP contribution in [0, 0.1) is 12.7 Å². The van der Waals surface area contributed by atoms with Crippen molar-refractivity contribution in [3.8, 4) is 0 Å². The minimum atomic E-state index is -0.437. The summed E-state index contributed by atoms with van der Waals surface area (Å²) in [5, 5.41) is 0. The lowest BCUT2D eigenvalue weighted by Crippen LogP contribution is -2.10. The number of aryl methyl sites for hydroxylation is 1. The van der Waals surface area contributed by atoms with Crippen LogP contribution in [0.2, 0.25) is 0 Å². The molecule has 0 spiro atoms. The molecular formula is C6H8FN3. The van der Waals surface area contributed by atoms with E-state index in [-0.39, 0.29) is 5.82 Å². The molecular weight excluding hydrogens is 133 g/mol. The van der Waals surface area contributed by atoms with Crippen LogP contribution in [0.4, 0.5) is 10.2 Å². The standard InChI is InChI=1S/C6H8FN3/c1-4-2-3-5(7)6(9-4)10-8/h2-3H,8H2,1H3,(H,9,10). The van der Waals surface area contributed by atoms with Crippen LogP contribution in [-0.4, -0.2) is 4.98 Å². The Morgan fingerprint density at radius 1 is 1.60 bits per heavy atom. The van der Waals surface area contributed by atoms with Crippen LogP contribution in [0.3, 0.4) is 0 Å². The Balaban J connectivity index is 3.09. The first-order valence-electron chi connectivity index (χ1n) is 2.84. The number of hydrogen-bond acceptors (Lipinski definition) is 3. The van der Waals surface area contributed by atoms with Crippen LogP contribution >= 0.6 is 0 Å². The van der Waals surface area contributed by atoms with Crippen LogP contribution < -0.4 is 11.3 Å². The summed E-state index contributed by atoms with van der Waals surface area (Å²) in [5.74, 6) is 4.61. The van der Waals surface area contributed by atoms with E-state index in [1.165, 1.54) is 6.07 Å². The summed E-state index contributed by atoms with van der Waals surface area (Å²) in [6, 6.07) is 2.90. The molecule has 0 aliphatic carbocycles. The number of aromatic nitrogens is 1. The molecule has 0 fully saturated rings. The molecule has 0 atom stereocenters. The van der Waals surface area contributed by atoms with E-state index in [0.717, 1.165) is 5.69 Å². The second-order valence-electron chi connectivity index (χ2n) is 1.93. The number of hydrogen-bond donors (Lipinski definition) is 2. The molecule has 0 aliphatic rings. The number of nitrogens with zero attached hydrogens (tertiary/aromatic N) is 1. The highest BCUT2D eigenvalue weighted by Gasteiger charge is 1.99. The average molecular weight is 141 g/mol. The monoisotopic (exact) mass is 141 g/mol. The fourth-order valence-electron chi connectivity index (χ4n) is 0.641. The smallest absolute Gasteiger partial charge is 0.176 e. The third-order valence-electron chi connectivity index (χ3n) is 1.12. The van der Waals surface area contributed by atoms with Gasteiger partial charge in [0.15, 0.2) is 11.6 Å². The van der Waals surface area contributed by atoms with Crippen molar-refractivity contribution in [3.63, 3.8) is 0 Å². The molecule has 3 nitrogen and oxygen atoms in total. The number of nitrogen functional groups attached to an aromatic ring is 1. The van der Waals surface area contributed by atoms with Crippen LogP contribution in [0.25, 0.3) is 0 Å². The number of rotatable bonds is 1. The molecule has 10 heavy (non-hydrogen) atoms. The largest absolute Gasteiger partial charge is 0.306 e. The van der Waals surface area contributed by atoms with Gasteiger partial charge in [-0.3, -0.25) is 0 Å². The molecule has 3 N–H and O–H groups in total. The van der Waals surface area contributed by atoms with E-state index < -0.39 is 5.82 Å². The molecule has 1 rings (SSSR count). The molecule has 0 radical (unpaired) electrons. The maximum atomic E-state index is 12.6. The molecule has 0 saturated heterocycles. The van der Waals surface area contributed by atoms with E-state index in [0.29, 0.717) is 0 Å². The van der Waals surface area contributed by atoms with Gasteiger partial charge in [-0.1, -0.05) is 0 Å². The molecule has 0 aliphatic heterocycles. The summed E-state index contributed by atoms with van der Waals surface area (Å²) in [5.41, 5.74) is 2.88. The summed E-state index contributed by atoms with van der Waals surface area (Å²) < 4.78 is 12.6. The number of hydrazine groups is 1. The van der Waals surface area contributed by atoms with Gasteiger partial charge in [-0.15, -0.1) is 0 Å². The highest BCUT2D eigenvalue weighted by atomic mass is 19.1. The quantitative estimate of drug-likeness (QED) is 0.449. The number of anilines is 1. The van der Waals surface area contributed by atoms with Gasteiger partial charge < -0.3 is 5.43 Å². The van der Waals surface area contributed by atoms with Gasteiger partial charge in [0.1, 0.15) is 0 Å². The molecule has 0 bridgehead atoms. The molecule has 1 heterocycles. The second-order valence-corrected chi connectivity index (χ2v) is 1.93. The van der Waals surface area contributed by atoms with Crippen molar-refractivity contribution < 1.29 is 4.39 Å². The average Bonchev–Trinajstić information content (AvgIpc) is 1.94. The Kier molecular flexibility index (Phi) is 1.82. The van der Waals surface area contributed by atoms with E-state index in [4.69, 9.17) is 5.84 Å². The Morgan fingerprint density at radius 3 is 2.80 bits per heavy atom. The molecule has 1 aromatic rings. The van der Waals surface area contributed by atoms with E-state index >= 15 is 0 Å². The Hall–Kier alpha value is -1.16. The van der Waals surface area contributed by atoms with E-state index in [2.05, 4.69) is 10.4 Å². The van der Waals surface area contributed by atoms with Crippen LogP contribution in [-0.2, 0) is 0 Å². The number of pyridine rings is 1.